The van der Waals surface area contributed by atoms with Gasteiger partial charge < -0.3 is 27.5 Å². The fourth-order valence-corrected chi connectivity index (χ4v) is 2.64. The van der Waals surface area contributed by atoms with Crippen LogP contribution in [0.3, 0.4) is 0 Å². The Labute approximate surface area is 115 Å². The average Bonchev–Trinajstić information content (AvgIpc) is 2.33. The molecule has 0 amide bonds. The van der Waals surface area contributed by atoms with Crippen LogP contribution in [0.1, 0.15) is 20.8 Å². The summed E-state index contributed by atoms with van der Waals surface area (Å²) in [7, 11) is 3.78. The first kappa shape index (κ1) is 20.5. The van der Waals surface area contributed by atoms with Crippen molar-refractivity contribution < 1.29 is 27.5 Å². The average molecular weight is 301 g/mol. The quantitative estimate of drug-likeness (QED) is 0.431. The summed E-state index contributed by atoms with van der Waals surface area (Å²) in [5, 5.41) is 0. The number of rotatable bonds is 9. The van der Waals surface area contributed by atoms with Gasteiger partial charge in [-0.25, -0.2) is 0 Å². The summed E-state index contributed by atoms with van der Waals surface area (Å²) in [4.78, 5) is 0. The number of ether oxygens (including phenoxy) is 3. The minimum atomic E-state index is -1.67. The van der Waals surface area contributed by atoms with Crippen LogP contribution in [0.25, 0.3) is 0 Å². The van der Waals surface area contributed by atoms with Gasteiger partial charge in [0.25, 0.3) is 0 Å². The minimum absolute atomic E-state index is 0.628. The lowest BCUT2D eigenvalue weighted by Gasteiger charge is -2.28. The van der Waals surface area contributed by atoms with Gasteiger partial charge in [0.2, 0.25) is 5.60 Å². The molecule has 0 radical (unpaired) electrons. The molecule has 0 heterocycles. The fourth-order valence-electron chi connectivity index (χ4n) is 1.20. The molecule has 0 aliphatic heterocycles. The van der Waals surface area contributed by atoms with Crippen LogP contribution < -0.4 is 0 Å². The minimum Gasteiger partial charge on any atom is -0.379 e. The molecule has 6 nitrogen and oxygen atoms in total. The first-order valence-corrected chi connectivity index (χ1v) is 8.45. The highest BCUT2D eigenvalue weighted by Gasteiger charge is 2.23. The van der Waals surface area contributed by atoms with E-state index in [1.54, 1.807) is 21.3 Å². The molecule has 0 rings (SSSR count). The summed E-state index contributed by atoms with van der Waals surface area (Å²) in [6, 6.07) is 0. The Morgan fingerprint density at radius 3 is 1.17 bits per heavy atom. The Morgan fingerprint density at radius 1 is 0.778 bits per heavy atom. The van der Waals surface area contributed by atoms with E-state index < -0.39 is 15.1 Å². The van der Waals surface area contributed by atoms with Crippen molar-refractivity contribution in [1.82, 2.24) is 0 Å². The van der Waals surface area contributed by atoms with Crippen molar-refractivity contribution in [3.8, 4) is 0 Å². The molecule has 0 aromatic heterocycles. The van der Waals surface area contributed by atoms with Crippen LogP contribution in [0.5, 0.6) is 0 Å². The molecule has 0 spiro atoms. The van der Waals surface area contributed by atoms with E-state index in [4.69, 9.17) is 27.5 Å². The highest BCUT2D eigenvalue weighted by atomic mass is 28.3. The molecule has 112 valence electrons. The molecule has 0 aromatic rings. The van der Waals surface area contributed by atoms with Crippen LogP contribution in [0.4, 0.5) is 0 Å². The summed E-state index contributed by atoms with van der Waals surface area (Å²) in [6.07, 6.45) is 0. The maximum Gasteiger partial charge on any atom is 0.483 e. The second kappa shape index (κ2) is 13.6. The number of hydrogen-bond donors (Lipinski definition) is 0. The van der Waals surface area contributed by atoms with E-state index in [1.165, 1.54) is 0 Å². The molecular weight excluding hydrogens is 272 g/mol. The summed E-state index contributed by atoms with van der Waals surface area (Å²) in [5.41, 5.74) is -0.710. The smallest absolute Gasteiger partial charge is 0.379 e. The van der Waals surface area contributed by atoms with Crippen LogP contribution in [0.2, 0.25) is 0 Å². The summed E-state index contributed by atoms with van der Waals surface area (Å²) < 4.78 is 30.2. The highest BCUT2D eigenvalue weighted by Crippen LogP contribution is 2.09. The maximum absolute atomic E-state index is 5.33. The molecule has 0 fully saturated rings. The predicted octanol–water partition coefficient (Wildman–Crippen LogP) is -0.285. The second-order valence-corrected chi connectivity index (χ2v) is 6.37. The van der Waals surface area contributed by atoms with E-state index in [-0.39, 0.29) is 0 Å². The van der Waals surface area contributed by atoms with E-state index >= 15 is 0 Å². The molecule has 0 saturated carbocycles. The van der Waals surface area contributed by atoms with E-state index in [0.717, 1.165) is 10.2 Å². The molecule has 0 unspecified atom stereocenters. The number of hydrogen-bond acceptors (Lipinski definition) is 6. The largest absolute Gasteiger partial charge is 0.483 e. The molecule has 0 atom stereocenters. The molecular formula is C10H28O6Si2. The van der Waals surface area contributed by atoms with Crippen LogP contribution in [-0.2, 0) is 27.5 Å². The third-order valence-electron chi connectivity index (χ3n) is 1.80. The van der Waals surface area contributed by atoms with Crippen molar-refractivity contribution >= 4 is 19.8 Å². The van der Waals surface area contributed by atoms with Gasteiger partial charge in [0.1, 0.15) is 10.2 Å². The van der Waals surface area contributed by atoms with Crippen molar-refractivity contribution in [2.24, 2.45) is 0 Å². The molecule has 18 heavy (non-hydrogen) atoms. The Kier molecular flexibility index (Phi) is 15.5. The van der Waals surface area contributed by atoms with Gasteiger partial charge in [-0.2, -0.15) is 0 Å². The molecule has 0 saturated heterocycles. The van der Waals surface area contributed by atoms with E-state index in [2.05, 4.69) is 0 Å². The maximum atomic E-state index is 5.33. The van der Waals surface area contributed by atoms with Gasteiger partial charge >= 0.3 is 9.53 Å². The van der Waals surface area contributed by atoms with Crippen LogP contribution in [0.15, 0.2) is 0 Å². The van der Waals surface area contributed by atoms with Gasteiger partial charge in [0, 0.05) is 41.2 Å². The zero-order chi connectivity index (χ0) is 14.4. The highest BCUT2D eigenvalue weighted by molar-refractivity contribution is 6.36. The Balaban J connectivity index is 0. The van der Waals surface area contributed by atoms with Crippen LogP contribution in [-0.4, -0.2) is 66.5 Å². The molecule has 0 aliphatic carbocycles. The lowest BCUT2D eigenvalue weighted by Crippen LogP contribution is -2.39. The standard InChI is InChI=1S/C7H18O3Si.C3H10O3Si/c1-4-8-7(11,9-5-2)10-6-3;1-4-7(5-2)6-3/h4-6H2,1-3,11H3;7H,1-3H3. The third kappa shape index (κ3) is 11.3. The van der Waals surface area contributed by atoms with E-state index in [9.17, 15) is 0 Å². The fraction of sp³-hybridized carbons (Fsp3) is 1.00. The van der Waals surface area contributed by atoms with Gasteiger partial charge in [0.15, 0.2) is 0 Å². The second-order valence-electron chi connectivity index (χ2n) is 3.16. The lowest BCUT2D eigenvalue weighted by atomic mass is 10.8. The monoisotopic (exact) mass is 300 g/mol. The Hall–Kier alpha value is 0.194. The SMILES string of the molecule is CCOC([SiH3])(OCC)OCC.CO[SiH](OC)OC. The van der Waals surface area contributed by atoms with Gasteiger partial charge in [-0.15, -0.1) is 0 Å². The Morgan fingerprint density at radius 2 is 1.06 bits per heavy atom. The van der Waals surface area contributed by atoms with Crippen LogP contribution >= 0.6 is 0 Å². The van der Waals surface area contributed by atoms with Gasteiger partial charge in [-0.1, -0.05) is 0 Å². The van der Waals surface area contributed by atoms with Gasteiger partial charge in [-0.3, -0.25) is 0 Å². The van der Waals surface area contributed by atoms with Crippen molar-refractivity contribution in [2.75, 3.05) is 41.2 Å². The normalized spacial score (nSPS) is 11.5. The topological polar surface area (TPSA) is 55.4 Å². The van der Waals surface area contributed by atoms with Gasteiger partial charge in [-0.05, 0) is 20.8 Å². The van der Waals surface area contributed by atoms with Crippen molar-refractivity contribution in [2.45, 2.75) is 26.4 Å². The summed E-state index contributed by atoms with van der Waals surface area (Å²) in [5.74, 6) is 0. The van der Waals surface area contributed by atoms with Crippen molar-refractivity contribution in [3.63, 3.8) is 0 Å². The molecule has 8 heteroatoms. The lowest BCUT2D eigenvalue weighted by molar-refractivity contribution is -0.320. The molecule has 0 N–H and O–H groups in total. The van der Waals surface area contributed by atoms with E-state index in [1.807, 2.05) is 20.8 Å². The van der Waals surface area contributed by atoms with Gasteiger partial charge in [0.05, 0.1) is 0 Å². The van der Waals surface area contributed by atoms with E-state index in [0.29, 0.717) is 19.8 Å². The van der Waals surface area contributed by atoms with Crippen molar-refractivity contribution in [1.29, 1.82) is 0 Å². The predicted molar refractivity (Wildman–Crippen MR) is 75.7 cm³/mol. The molecule has 0 bridgehead atoms. The summed E-state index contributed by atoms with van der Waals surface area (Å²) in [6.45, 7) is 7.69. The third-order valence-corrected chi connectivity index (χ3v) is 3.82. The zero-order valence-corrected chi connectivity index (χ0v) is 15.8. The molecule has 0 aromatic carbocycles. The van der Waals surface area contributed by atoms with Crippen molar-refractivity contribution in [3.05, 3.63) is 0 Å². The van der Waals surface area contributed by atoms with Crippen LogP contribution in [0, 0.1) is 0 Å². The zero-order valence-electron chi connectivity index (χ0n) is 12.6. The first-order chi connectivity index (χ1) is 8.53. The molecule has 0 aliphatic rings. The first-order valence-electron chi connectivity index (χ1n) is 6.03. The Bertz CT molecular complexity index is 146. The summed E-state index contributed by atoms with van der Waals surface area (Å²) >= 11 is 0.